The lowest BCUT2D eigenvalue weighted by Gasteiger charge is -2.34. The van der Waals surface area contributed by atoms with E-state index in [4.69, 9.17) is 10.2 Å². The van der Waals surface area contributed by atoms with Crippen LogP contribution in [0.2, 0.25) is 0 Å². The summed E-state index contributed by atoms with van der Waals surface area (Å²) < 4.78 is 5.20. The summed E-state index contributed by atoms with van der Waals surface area (Å²) in [6.07, 6.45) is 1.60. The molecule has 1 atom stereocenters. The van der Waals surface area contributed by atoms with Gasteiger partial charge in [0.15, 0.2) is 0 Å². The third kappa shape index (κ3) is 4.98. The molecule has 0 spiro atoms. The van der Waals surface area contributed by atoms with Crippen molar-refractivity contribution in [3.63, 3.8) is 0 Å². The van der Waals surface area contributed by atoms with Crippen LogP contribution in [0.1, 0.15) is 33.5 Å². The van der Waals surface area contributed by atoms with Crippen molar-refractivity contribution in [1.82, 2.24) is 10.2 Å². The van der Waals surface area contributed by atoms with E-state index in [0.29, 0.717) is 13.1 Å². The molecular weight excluding hydrogens is 254 g/mol. The van der Waals surface area contributed by atoms with Crippen molar-refractivity contribution in [2.45, 2.75) is 40.3 Å². The van der Waals surface area contributed by atoms with E-state index < -0.39 is 0 Å². The summed E-state index contributed by atoms with van der Waals surface area (Å²) in [7, 11) is 0. The number of hydrogen-bond acceptors (Lipinski definition) is 4. The second-order valence-electron chi connectivity index (χ2n) is 5.90. The zero-order chi connectivity index (χ0) is 15.2. The van der Waals surface area contributed by atoms with Gasteiger partial charge in [0.1, 0.15) is 5.76 Å². The van der Waals surface area contributed by atoms with E-state index in [1.54, 1.807) is 6.26 Å². The number of likely N-dealkylation sites (N-methyl/N-ethyl adjacent to an activating group) is 1. The molecule has 1 rings (SSSR count). The first-order valence-electron chi connectivity index (χ1n) is 7.14. The topological polar surface area (TPSA) is 71.5 Å². The molecule has 1 aromatic heterocycles. The van der Waals surface area contributed by atoms with Gasteiger partial charge in [-0.15, -0.1) is 0 Å². The molecule has 114 valence electrons. The van der Waals surface area contributed by atoms with Gasteiger partial charge in [0.25, 0.3) is 0 Å². The molecule has 0 aromatic carbocycles. The van der Waals surface area contributed by atoms with Gasteiger partial charge in [0.05, 0.1) is 18.8 Å². The maximum atomic E-state index is 12.2. The average molecular weight is 281 g/mol. The van der Waals surface area contributed by atoms with Crippen LogP contribution in [0.25, 0.3) is 0 Å². The fourth-order valence-electron chi connectivity index (χ4n) is 2.04. The number of carbonyl (C=O) groups excluding carboxylic acids is 1. The van der Waals surface area contributed by atoms with Gasteiger partial charge in [0.2, 0.25) is 5.91 Å². The third-order valence-corrected chi connectivity index (χ3v) is 3.53. The monoisotopic (exact) mass is 281 g/mol. The maximum Gasteiger partial charge on any atom is 0.237 e. The van der Waals surface area contributed by atoms with Crippen molar-refractivity contribution >= 4 is 5.91 Å². The van der Waals surface area contributed by atoms with E-state index in [1.165, 1.54) is 0 Å². The van der Waals surface area contributed by atoms with Crippen molar-refractivity contribution in [3.05, 3.63) is 24.2 Å². The van der Waals surface area contributed by atoms with Gasteiger partial charge < -0.3 is 15.5 Å². The summed E-state index contributed by atoms with van der Waals surface area (Å²) in [6.45, 7) is 10.9. The third-order valence-electron chi connectivity index (χ3n) is 3.53. The van der Waals surface area contributed by atoms with E-state index >= 15 is 0 Å². The Bertz CT molecular complexity index is 401. The Kier molecular flexibility index (Phi) is 6.23. The molecule has 0 fully saturated rings. The van der Waals surface area contributed by atoms with Gasteiger partial charge in [-0.1, -0.05) is 20.8 Å². The number of furan rings is 1. The molecule has 0 aliphatic heterocycles. The molecule has 0 saturated heterocycles. The standard InChI is InChI=1S/C15H27N3O2/c1-5-18(11-15(3,4)10-16)12(2)14(19)17-9-13-7-6-8-20-13/h6-8,12H,5,9-11,16H2,1-4H3,(H,17,19). The lowest BCUT2D eigenvalue weighted by atomic mass is 9.92. The number of amides is 1. The molecular formula is C15H27N3O2. The first-order valence-corrected chi connectivity index (χ1v) is 7.14. The van der Waals surface area contributed by atoms with Gasteiger partial charge in [0, 0.05) is 6.54 Å². The second-order valence-corrected chi connectivity index (χ2v) is 5.90. The largest absolute Gasteiger partial charge is 0.467 e. The molecule has 0 bridgehead atoms. The summed E-state index contributed by atoms with van der Waals surface area (Å²) >= 11 is 0. The molecule has 3 N–H and O–H groups in total. The maximum absolute atomic E-state index is 12.2. The highest BCUT2D eigenvalue weighted by Gasteiger charge is 2.26. The average Bonchev–Trinajstić information content (AvgIpc) is 2.94. The Labute approximate surface area is 121 Å². The Hall–Kier alpha value is -1.33. The zero-order valence-corrected chi connectivity index (χ0v) is 13.0. The van der Waals surface area contributed by atoms with Crippen molar-refractivity contribution in [2.75, 3.05) is 19.6 Å². The van der Waals surface area contributed by atoms with Gasteiger partial charge >= 0.3 is 0 Å². The van der Waals surface area contributed by atoms with E-state index in [0.717, 1.165) is 18.8 Å². The van der Waals surface area contributed by atoms with Crippen LogP contribution in [0.3, 0.4) is 0 Å². The molecule has 5 nitrogen and oxygen atoms in total. The predicted octanol–water partition coefficient (Wildman–Crippen LogP) is 1.59. The summed E-state index contributed by atoms with van der Waals surface area (Å²) in [6, 6.07) is 3.48. The van der Waals surface area contributed by atoms with E-state index in [2.05, 4.69) is 31.0 Å². The van der Waals surface area contributed by atoms with Crippen LogP contribution < -0.4 is 11.1 Å². The quantitative estimate of drug-likeness (QED) is 0.759. The minimum atomic E-state index is -0.180. The number of nitrogens with two attached hydrogens (primary N) is 1. The van der Waals surface area contributed by atoms with Gasteiger partial charge in [-0.2, -0.15) is 0 Å². The Morgan fingerprint density at radius 2 is 2.25 bits per heavy atom. The second kappa shape index (κ2) is 7.45. The van der Waals surface area contributed by atoms with Crippen molar-refractivity contribution in [3.8, 4) is 0 Å². The highest BCUT2D eigenvalue weighted by molar-refractivity contribution is 5.81. The molecule has 0 aliphatic carbocycles. The Morgan fingerprint density at radius 3 is 2.75 bits per heavy atom. The minimum Gasteiger partial charge on any atom is -0.467 e. The first-order chi connectivity index (χ1) is 9.39. The Morgan fingerprint density at radius 1 is 1.55 bits per heavy atom. The number of nitrogens with zero attached hydrogens (tertiary/aromatic N) is 1. The van der Waals surface area contributed by atoms with Gasteiger partial charge in [-0.25, -0.2) is 0 Å². The fraction of sp³-hybridized carbons (Fsp3) is 0.667. The van der Waals surface area contributed by atoms with Crippen molar-refractivity contribution in [2.24, 2.45) is 11.1 Å². The summed E-state index contributed by atoms with van der Waals surface area (Å²) in [4.78, 5) is 14.3. The lowest BCUT2D eigenvalue weighted by molar-refractivity contribution is -0.126. The minimum absolute atomic E-state index is 0.00552. The molecule has 1 amide bonds. The molecule has 1 aromatic rings. The van der Waals surface area contributed by atoms with Crippen molar-refractivity contribution in [1.29, 1.82) is 0 Å². The van der Waals surface area contributed by atoms with Crippen LogP contribution in [0.15, 0.2) is 22.8 Å². The smallest absolute Gasteiger partial charge is 0.237 e. The van der Waals surface area contributed by atoms with Crippen LogP contribution in [-0.2, 0) is 11.3 Å². The molecule has 1 unspecified atom stereocenters. The molecule has 1 heterocycles. The van der Waals surface area contributed by atoms with Crippen LogP contribution in [0.5, 0.6) is 0 Å². The lowest BCUT2D eigenvalue weighted by Crippen LogP contribution is -2.49. The summed E-state index contributed by atoms with van der Waals surface area (Å²) in [5.74, 6) is 0.770. The highest BCUT2D eigenvalue weighted by atomic mass is 16.3. The van der Waals surface area contributed by atoms with E-state index in [1.807, 2.05) is 19.1 Å². The van der Waals surface area contributed by atoms with Gasteiger partial charge in [-0.05, 0) is 37.6 Å². The van der Waals surface area contributed by atoms with E-state index in [9.17, 15) is 4.79 Å². The molecule has 20 heavy (non-hydrogen) atoms. The SMILES string of the molecule is CCN(CC(C)(C)CN)C(C)C(=O)NCc1ccco1. The fourth-order valence-corrected chi connectivity index (χ4v) is 2.04. The molecule has 0 radical (unpaired) electrons. The zero-order valence-electron chi connectivity index (χ0n) is 13.0. The number of nitrogens with one attached hydrogen (secondary N) is 1. The van der Waals surface area contributed by atoms with Crippen LogP contribution in [0.4, 0.5) is 0 Å². The summed E-state index contributed by atoms with van der Waals surface area (Å²) in [5, 5.41) is 2.90. The molecule has 0 saturated carbocycles. The van der Waals surface area contributed by atoms with Crippen molar-refractivity contribution < 1.29 is 9.21 Å². The number of carbonyl (C=O) groups is 1. The molecule has 0 aliphatic rings. The highest BCUT2D eigenvalue weighted by Crippen LogP contribution is 2.16. The van der Waals surface area contributed by atoms with Crippen LogP contribution in [-0.4, -0.2) is 36.5 Å². The van der Waals surface area contributed by atoms with Gasteiger partial charge in [-0.3, -0.25) is 9.69 Å². The number of hydrogen-bond donors (Lipinski definition) is 2. The number of rotatable bonds is 8. The summed E-state index contributed by atoms with van der Waals surface area (Å²) in [5.41, 5.74) is 5.77. The first kappa shape index (κ1) is 16.7. The molecule has 5 heteroatoms. The van der Waals surface area contributed by atoms with Crippen LogP contribution in [0, 0.1) is 5.41 Å². The normalized spacial score (nSPS) is 13.5. The predicted molar refractivity (Wildman–Crippen MR) is 80.1 cm³/mol. The Balaban J connectivity index is 2.52. The van der Waals surface area contributed by atoms with Crippen LogP contribution >= 0.6 is 0 Å². The van der Waals surface area contributed by atoms with E-state index in [-0.39, 0.29) is 17.4 Å².